The highest BCUT2D eigenvalue weighted by Gasteiger charge is 2.03. The van der Waals surface area contributed by atoms with Crippen LogP contribution in [0.15, 0.2) is 29.3 Å². The monoisotopic (exact) mass is 435 g/mol. The summed E-state index contributed by atoms with van der Waals surface area (Å²) in [4.78, 5) is 4.23. The minimum absolute atomic E-state index is 0. The maximum absolute atomic E-state index is 5.71. The number of ether oxygens (including phenoxy) is 2. The van der Waals surface area contributed by atoms with Crippen molar-refractivity contribution in [3.8, 4) is 5.75 Å². The fourth-order valence-electron chi connectivity index (χ4n) is 1.85. The van der Waals surface area contributed by atoms with Crippen LogP contribution in [-0.2, 0) is 11.3 Å². The van der Waals surface area contributed by atoms with Crippen molar-refractivity contribution in [2.75, 3.05) is 27.4 Å². The Kier molecular flexibility index (Phi) is 12.8. The van der Waals surface area contributed by atoms with Gasteiger partial charge in [-0.2, -0.15) is 0 Å². The number of aliphatic imine (C=N–C) groups is 1. The van der Waals surface area contributed by atoms with E-state index in [-0.39, 0.29) is 24.0 Å². The van der Waals surface area contributed by atoms with Gasteiger partial charge < -0.3 is 20.1 Å². The number of nitrogens with one attached hydrogen (secondary N) is 2. The van der Waals surface area contributed by atoms with E-state index in [9.17, 15) is 0 Å². The zero-order chi connectivity index (χ0) is 16.2. The average Bonchev–Trinajstić information content (AvgIpc) is 2.55. The Morgan fingerprint density at radius 2 is 2.09 bits per heavy atom. The minimum Gasteiger partial charge on any atom is -0.493 e. The summed E-state index contributed by atoms with van der Waals surface area (Å²) in [5, 5.41) is 6.66. The third-order valence-corrected chi connectivity index (χ3v) is 3.34. The molecular formula is C17H30IN3O2. The molecule has 0 spiro atoms. The second-order valence-electron chi connectivity index (χ2n) is 5.22. The minimum atomic E-state index is 0. The lowest BCUT2D eigenvalue weighted by molar-refractivity contribution is 0.172. The molecule has 5 nitrogen and oxygen atoms in total. The van der Waals surface area contributed by atoms with Gasteiger partial charge in [0.2, 0.25) is 0 Å². The fraction of sp³-hybridized carbons (Fsp3) is 0.588. The van der Waals surface area contributed by atoms with Crippen molar-refractivity contribution >= 4 is 29.9 Å². The molecule has 132 valence electrons. The number of nitrogens with zero attached hydrogens (tertiary/aromatic N) is 1. The molecule has 0 aromatic heterocycles. The number of hydrogen-bond donors (Lipinski definition) is 2. The van der Waals surface area contributed by atoms with Gasteiger partial charge in [-0.1, -0.05) is 19.1 Å². The van der Waals surface area contributed by atoms with Crippen LogP contribution in [0.2, 0.25) is 0 Å². The van der Waals surface area contributed by atoms with Gasteiger partial charge in [0, 0.05) is 39.8 Å². The number of hydrogen-bond acceptors (Lipinski definition) is 3. The number of halogens is 1. The molecule has 6 heteroatoms. The van der Waals surface area contributed by atoms with Crippen LogP contribution in [0, 0.1) is 0 Å². The lowest BCUT2D eigenvalue weighted by Crippen LogP contribution is -2.41. The van der Waals surface area contributed by atoms with Crippen molar-refractivity contribution < 1.29 is 9.47 Å². The molecule has 0 amide bonds. The van der Waals surface area contributed by atoms with Gasteiger partial charge in [0.1, 0.15) is 5.75 Å². The summed E-state index contributed by atoms with van der Waals surface area (Å²) in [5.41, 5.74) is 1.16. The van der Waals surface area contributed by atoms with Gasteiger partial charge in [0.05, 0.1) is 6.61 Å². The number of benzene rings is 1. The maximum atomic E-state index is 5.71. The Hall–Kier alpha value is -1.02. The topological polar surface area (TPSA) is 54.9 Å². The highest BCUT2D eigenvalue weighted by Crippen LogP contribution is 2.13. The molecule has 0 saturated carbocycles. The Labute approximate surface area is 157 Å². The van der Waals surface area contributed by atoms with Gasteiger partial charge in [-0.3, -0.25) is 4.99 Å². The second-order valence-corrected chi connectivity index (χ2v) is 5.22. The fourth-order valence-corrected chi connectivity index (χ4v) is 1.85. The van der Waals surface area contributed by atoms with E-state index in [1.807, 2.05) is 12.1 Å². The molecule has 2 N–H and O–H groups in total. The van der Waals surface area contributed by atoms with Gasteiger partial charge in [-0.25, -0.2) is 0 Å². The molecule has 0 radical (unpaired) electrons. The van der Waals surface area contributed by atoms with Crippen molar-refractivity contribution in [3.63, 3.8) is 0 Å². The van der Waals surface area contributed by atoms with E-state index < -0.39 is 0 Å². The van der Waals surface area contributed by atoms with Crippen LogP contribution >= 0.6 is 24.0 Å². The van der Waals surface area contributed by atoms with Gasteiger partial charge >= 0.3 is 0 Å². The lowest BCUT2D eigenvalue weighted by atomic mass is 10.2. The number of methoxy groups -OCH3 is 1. The van der Waals surface area contributed by atoms with Gasteiger partial charge in [0.25, 0.3) is 0 Å². The average molecular weight is 435 g/mol. The van der Waals surface area contributed by atoms with E-state index >= 15 is 0 Å². The highest BCUT2D eigenvalue weighted by molar-refractivity contribution is 14.0. The van der Waals surface area contributed by atoms with E-state index in [4.69, 9.17) is 9.47 Å². The molecule has 0 fully saturated rings. The predicted octanol–water partition coefficient (Wildman–Crippen LogP) is 3.18. The molecule has 0 aliphatic heterocycles. The zero-order valence-corrected chi connectivity index (χ0v) is 16.9. The molecule has 1 atom stereocenters. The third-order valence-electron chi connectivity index (χ3n) is 3.34. The van der Waals surface area contributed by atoms with E-state index in [1.54, 1.807) is 14.2 Å². The smallest absolute Gasteiger partial charge is 0.191 e. The zero-order valence-electron chi connectivity index (χ0n) is 14.6. The maximum Gasteiger partial charge on any atom is 0.191 e. The summed E-state index contributed by atoms with van der Waals surface area (Å²) >= 11 is 0. The first-order chi connectivity index (χ1) is 10.7. The van der Waals surface area contributed by atoms with Crippen LogP contribution in [0.3, 0.4) is 0 Å². The van der Waals surface area contributed by atoms with Crippen LogP contribution in [0.5, 0.6) is 5.75 Å². The van der Waals surface area contributed by atoms with Crippen molar-refractivity contribution in [1.82, 2.24) is 10.6 Å². The van der Waals surface area contributed by atoms with Gasteiger partial charge in [0.15, 0.2) is 5.96 Å². The molecule has 0 aliphatic carbocycles. The summed E-state index contributed by atoms with van der Waals surface area (Å²) < 4.78 is 10.7. The quantitative estimate of drug-likeness (QED) is 0.271. The molecule has 1 rings (SSSR count). The summed E-state index contributed by atoms with van der Waals surface area (Å²) in [6.07, 6.45) is 1.95. The highest BCUT2D eigenvalue weighted by atomic mass is 127. The second kappa shape index (κ2) is 13.4. The first-order valence-corrected chi connectivity index (χ1v) is 7.87. The molecule has 1 unspecified atom stereocenters. The van der Waals surface area contributed by atoms with Crippen LogP contribution in [0.25, 0.3) is 0 Å². The standard InChI is InChI=1S/C17H29N3O2.HI/c1-5-14(2)20-17(18-3)19-13-15-8-6-9-16(12-15)22-11-7-10-21-4;/h6,8-9,12,14H,5,7,10-11,13H2,1-4H3,(H2,18,19,20);1H. The molecule has 0 bridgehead atoms. The number of guanidine groups is 1. The summed E-state index contributed by atoms with van der Waals surface area (Å²) in [6.45, 7) is 6.39. The van der Waals surface area contributed by atoms with Gasteiger partial charge in [-0.15, -0.1) is 24.0 Å². The summed E-state index contributed by atoms with van der Waals surface area (Å²) in [5.74, 6) is 1.71. The van der Waals surface area contributed by atoms with E-state index in [0.29, 0.717) is 19.2 Å². The number of rotatable bonds is 9. The van der Waals surface area contributed by atoms with Crippen LogP contribution in [-0.4, -0.2) is 39.4 Å². The van der Waals surface area contributed by atoms with Crippen LogP contribution in [0.1, 0.15) is 32.3 Å². The molecule has 23 heavy (non-hydrogen) atoms. The summed E-state index contributed by atoms with van der Waals surface area (Å²) in [6, 6.07) is 8.51. The third kappa shape index (κ3) is 9.65. The lowest BCUT2D eigenvalue weighted by Gasteiger charge is -2.16. The largest absolute Gasteiger partial charge is 0.493 e. The van der Waals surface area contributed by atoms with Crippen molar-refractivity contribution in [2.45, 2.75) is 39.3 Å². The Balaban J connectivity index is 0.00000484. The molecular weight excluding hydrogens is 405 g/mol. The Bertz CT molecular complexity index is 455. The normalized spacial score (nSPS) is 12.3. The van der Waals surface area contributed by atoms with E-state index in [0.717, 1.165) is 36.7 Å². The van der Waals surface area contributed by atoms with E-state index in [1.165, 1.54) is 0 Å². The van der Waals surface area contributed by atoms with E-state index in [2.05, 4.69) is 41.6 Å². The van der Waals surface area contributed by atoms with Crippen molar-refractivity contribution in [2.24, 2.45) is 4.99 Å². The Morgan fingerprint density at radius 1 is 1.30 bits per heavy atom. The molecule has 1 aromatic carbocycles. The summed E-state index contributed by atoms with van der Waals surface area (Å²) in [7, 11) is 3.49. The molecule has 1 aromatic rings. The Morgan fingerprint density at radius 3 is 2.74 bits per heavy atom. The first-order valence-electron chi connectivity index (χ1n) is 7.87. The molecule has 0 heterocycles. The van der Waals surface area contributed by atoms with Crippen molar-refractivity contribution in [3.05, 3.63) is 29.8 Å². The molecule has 0 aliphatic rings. The van der Waals surface area contributed by atoms with Gasteiger partial charge in [-0.05, 0) is 31.0 Å². The SMILES string of the molecule is CCC(C)NC(=NC)NCc1cccc(OCCCOC)c1.I. The van der Waals surface area contributed by atoms with Crippen molar-refractivity contribution in [1.29, 1.82) is 0 Å². The first kappa shape index (κ1) is 22.0. The predicted molar refractivity (Wildman–Crippen MR) is 107 cm³/mol. The van der Waals surface area contributed by atoms with Crippen LogP contribution in [0.4, 0.5) is 0 Å². The molecule has 0 saturated heterocycles. The van der Waals surface area contributed by atoms with Crippen LogP contribution < -0.4 is 15.4 Å².